The number of phenolic OH excluding ortho intramolecular Hbond substituents is 1. The molecule has 1 aliphatic heterocycles. The number of rotatable bonds is 7. The molecule has 1 fully saturated rings. The molecule has 35 heavy (non-hydrogen) atoms. The third-order valence-electron chi connectivity index (χ3n) is 5.94. The standard InChI is InChI=1S/C26H27Cl2N3O3S/c1-35(33,34)31-14-12-30(13-15-31)23-8-6-22(7-9-23)29-18-21-16-19(5-11-26(21)32)2-3-20-4-10-24(27)25(28)17-20/h2-11,16-17,29,32H,12-15,18H2,1H3/b3-2+. The second-order valence-corrected chi connectivity index (χ2v) is 11.2. The molecule has 1 heterocycles. The number of nitrogens with zero attached hydrogens (tertiary/aromatic N) is 2. The Morgan fingerprint density at radius 2 is 1.51 bits per heavy atom. The van der Waals surface area contributed by atoms with Crippen LogP contribution in [0.3, 0.4) is 0 Å². The van der Waals surface area contributed by atoms with Crippen LogP contribution in [0.5, 0.6) is 5.75 Å². The van der Waals surface area contributed by atoms with Crippen molar-refractivity contribution in [1.82, 2.24) is 4.31 Å². The lowest BCUT2D eigenvalue weighted by molar-refractivity contribution is 0.388. The summed E-state index contributed by atoms with van der Waals surface area (Å²) < 4.78 is 24.9. The second kappa shape index (κ2) is 10.9. The number of aromatic hydroxyl groups is 1. The topological polar surface area (TPSA) is 72.9 Å². The van der Waals surface area contributed by atoms with Crippen molar-refractivity contribution in [3.8, 4) is 5.75 Å². The van der Waals surface area contributed by atoms with Crippen molar-refractivity contribution in [2.45, 2.75) is 6.54 Å². The van der Waals surface area contributed by atoms with E-state index < -0.39 is 10.0 Å². The molecular weight excluding hydrogens is 505 g/mol. The van der Waals surface area contributed by atoms with Gasteiger partial charge >= 0.3 is 0 Å². The summed E-state index contributed by atoms with van der Waals surface area (Å²) in [4.78, 5) is 2.18. The molecule has 3 aromatic rings. The minimum atomic E-state index is -3.14. The Kier molecular flexibility index (Phi) is 7.91. The first kappa shape index (κ1) is 25.4. The van der Waals surface area contributed by atoms with Crippen LogP contribution in [0.2, 0.25) is 10.0 Å². The van der Waals surface area contributed by atoms with Crippen molar-refractivity contribution in [2.75, 3.05) is 42.7 Å². The molecule has 0 unspecified atom stereocenters. The van der Waals surface area contributed by atoms with Crippen LogP contribution in [0.4, 0.5) is 11.4 Å². The highest BCUT2D eigenvalue weighted by Crippen LogP contribution is 2.26. The summed E-state index contributed by atoms with van der Waals surface area (Å²) in [5.74, 6) is 0.226. The van der Waals surface area contributed by atoms with E-state index in [1.807, 2.05) is 54.6 Å². The van der Waals surface area contributed by atoms with E-state index in [0.29, 0.717) is 42.8 Å². The smallest absolute Gasteiger partial charge is 0.211 e. The largest absolute Gasteiger partial charge is 0.508 e. The van der Waals surface area contributed by atoms with E-state index in [9.17, 15) is 13.5 Å². The van der Waals surface area contributed by atoms with Gasteiger partial charge < -0.3 is 15.3 Å². The predicted molar refractivity (Wildman–Crippen MR) is 146 cm³/mol. The normalized spacial score (nSPS) is 15.0. The zero-order valence-corrected chi connectivity index (χ0v) is 21.6. The van der Waals surface area contributed by atoms with E-state index in [1.54, 1.807) is 18.2 Å². The average molecular weight is 532 g/mol. The molecule has 0 saturated carbocycles. The monoisotopic (exact) mass is 531 g/mol. The summed E-state index contributed by atoms with van der Waals surface area (Å²) in [5.41, 5.74) is 4.65. The van der Waals surface area contributed by atoms with E-state index in [4.69, 9.17) is 23.2 Å². The predicted octanol–water partition coefficient (Wildman–Crippen LogP) is 5.56. The molecule has 0 aromatic heterocycles. The third-order valence-corrected chi connectivity index (χ3v) is 7.98. The molecule has 9 heteroatoms. The van der Waals surface area contributed by atoms with Gasteiger partial charge in [0.15, 0.2) is 0 Å². The lowest BCUT2D eigenvalue weighted by atomic mass is 10.1. The van der Waals surface area contributed by atoms with Gasteiger partial charge in [0.25, 0.3) is 0 Å². The summed E-state index contributed by atoms with van der Waals surface area (Å²) in [5, 5.41) is 14.7. The van der Waals surface area contributed by atoms with Crippen molar-refractivity contribution < 1.29 is 13.5 Å². The third kappa shape index (κ3) is 6.70. The number of halogens is 2. The highest BCUT2D eigenvalue weighted by Gasteiger charge is 2.23. The maximum atomic E-state index is 11.7. The molecule has 3 aromatic carbocycles. The quantitative estimate of drug-likeness (QED) is 0.390. The van der Waals surface area contributed by atoms with E-state index in [0.717, 1.165) is 28.1 Å². The molecule has 184 valence electrons. The zero-order valence-electron chi connectivity index (χ0n) is 19.3. The summed E-state index contributed by atoms with van der Waals surface area (Å²) in [7, 11) is -3.14. The molecular formula is C26H27Cl2N3O3S. The lowest BCUT2D eigenvalue weighted by Crippen LogP contribution is -2.48. The van der Waals surface area contributed by atoms with Crippen LogP contribution in [0.25, 0.3) is 12.2 Å². The fraction of sp³-hybridized carbons (Fsp3) is 0.231. The minimum Gasteiger partial charge on any atom is -0.508 e. The Morgan fingerprint density at radius 3 is 2.14 bits per heavy atom. The maximum absolute atomic E-state index is 11.7. The van der Waals surface area contributed by atoms with Crippen LogP contribution < -0.4 is 10.2 Å². The van der Waals surface area contributed by atoms with Crippen LogP contribution >= 0.6 is 23.2 Å². The number of anilines is 2. The summed E-state index contributed by atoms with van der Waals surface area (Å²) >= 11 is 12.1. The van der Waals surface area contributed by atoms with Gasteiger partial charge in [-0.05, 0) is 59.7 Å². The van der Waals surface area contributed by atoms with E-state index in [2.05, 4.69) is 10.2 Å². The molecule has 2 N–H and O–H groups in total. The SMILES string of the molecule is CS(=O)(=O)N1CCN(c2ccc(NCc3cc(/C=C/c4ccc(Cl)c(Cl)c4)ccc3O)cc2)CC1. The van der Waals surface area contributed by atoms with Crippen LogP contribution in [-0.4, -0.2) is 50.3 Å². The van der Waals surface area contributed by atoms with E-state index >= 15 is 0 Å². The molecule has 0 atom stereocenters. The van der Waals surface area contributed by atoms with Gasteiger partial charge in [-0.25, -0.2) is 8.42 Å². The fourth-order valence-corrected chi connectivity index (χ4v) is 5.06. The number of phenols is 1. The lowest BCUT2D eigenvalue weighted by Gasteiger charge is -2.34. The van der Waals surface area contributed by atoms with Crippen LogP contribution in [0.1, 0.15) is 16.7 Å². The van der Waals surface area contributed by atoms with E-state index in [-0.39, 0.29) is 5.75 Å². The van der Waals surface area contributed by atoms with Crippen LogP contribution in [-0.2, 0) is 16.6 Å². The number of hydrogen-bond acceptors (Lipinski definition) is 5. The highest BCUT2D eigenvalue weighted by atomic mass is 35.5. The average Bonchev–Trinajstić information content (AvgIpc) is 2.84. The Balaban J connectivity index is 1.36. The number of hydrogen-bond donors (Lipinski definition) is 2. The Morgan fingerprint density at radius 1 is 0.886 bits per heavy atom. The van der Waals surface area contributed by atoms with Gasteiger partial charge in [0.1, 0.15) is 5.75 Å². The Bertz CT molecular complexity index is 1320. The molecule has 6 nitrogen and oxygen atoms in total. The highest BCUT2D eigenvalue weighted by molar-refractivity contribution is 7.88. The fourth-order valence-electron chi connectivity index (χ4n) is 3.92. The van der Waals surface area contributed by atoms with Gasteiger partial charge in [-0.1, -0.05) is 47.5 Å². The van der Waals surface area contributed by atoms with Gasteiger partial charge in [-0.2, -0.15) is 4.31 Å². The van der Waals surface area contributed by atoms with Gasteiger partial charge in [0.05, 0.1) is 16.3 Å². The zero-order chi connectivity index (χ0) is 25.0. The number of piperazine rings is 1. The van der Waals surface area contributed by atoms with E-state index in [1.165, 1.54) is 10.6 Å². The van der Waals surface area contributed by atoms with Gasteiger partial charge in [0.2, 0.25) is 10.0 Å². The first-order chi connectivity index (χ1) is 16.7. The first-order valence-corrected chi connectivity index (χ1v) is 13.8. The molecule has 0 aliphatic carbocycles. The number of nitrogens with one attached hydrogen (secondary N) is 1. The molecule has 1 aliphatic rings. The molecule has 0 spiro atoms. The van der Waals surface area contributed by atoms with Crippen LogP contribution in [0, 0.1) is 0 Å². The van der Waals surface area contributed by atoms with Crippen molar-refractivity contribution >= 4 is 56.8 Å². The maximum Gasteiger partial charge on any atom is 0.211 e. The Labute approximate surface area is 216 Å². The number of sulfonamides is 1. The molecule has 1 saturated heterocycles. The van der Waals surface area contributed by atoms with Crippen molar-refractivity contribution in [3.63, 3.8) is 0 Å². The summed E-state index contributed by atoms with van der Waals surface area (Å²) in [6, 6.07) is 19.0. The minimum absolute atomic E-state index is 0.226. The molecule has 0 bridgehead atoms. The summed E-state index contributed by atoms with van der Waals surface area (Å²) in [6.45, 7) is 2.78. The summed E-state index contributed by atoms with van der Waals surface area (Å²) in [6.07, 6.45) is 5.16. The van der Waals surface area contributed by atoms with Crippen molar-refractivity contribution in [2.24, 2.45) is 0 Å². The van der Waals surface area contributed by atoms with Crippen LogP contribution in [0.15, 0.2) is 60.7 Å². The number of benzene rings is 3. The van der Waals surface area contributed by atoms with Gasteiger partial charge in [-0.3, -0.25) is 0 Å². The molecule has 0 amide bonds. The van der Waals surface area contributed by atoms with Gasteiger partial charge in [-0.15, -0.1) is 0 Å². The van der Waals surface area contributed by atoms with Gasteiger partial charge in [0, 0.05) is 49.7 Å². The first-order valence-electron chi connectivity index (χ1n) is 11.2. The Hall–Kier alpha value is -2.71. The molecule has 4 rings (SSSR count). The molecule has 0 radical (unpaired) electrons. The second-order valence-electron chi connectivity index (χ2n) is 8.44. The van der Waals surface area contributed by atoms with Crippen molar-refractivity contribution in [3.05, 3.63) is 87.4 Å². The van der Waals surface area contributed by atoms with Crippen molar-refractivity contribution in [1.29, 1.82) is 0 Å².